The van der Waals surface area contributed by atoms with Gasteiger partial charge in [-0.3, -0.25) is 4.79 Å². The summed E-state index contributed by atoms with van der Waals surface area (Å²) in [5, 5.41) is 3.02. The summed E-state index contributed by atoms with van der Waals surface area (Å²) in [5.74, 6) is -0.0979. The summed E-state index contributed by atoms with van der Waals surface area (Å²) in [6.45, 7) is 2.74. The molecule has 3 rings (SSSR count). The molecule has 1 aromatic heterocycles. The SMILES string of the molecule is CC(C(=O)N1CCCCC1c1nccs1)C(N)c1ccccc1. The zero-order valence-corrected chi connectivity index (χ0v) is 14.2. The van der Waals surface area contributed by atoms with Gasteiger partial charge >= 0.3 is 0 Å². The lowest BCUT2D eigenvalue weighted by Gasteiger charge is -2.37. The quantitative estimate of drug-likeness (QED) is 0.933. The average Bonchev–Trinajstić information content (AvgIpc) is 3.15. The zero-order chi connectivity index (χ0) is 16.2. The second-order valence-corrected chi connectivity index (χ2v) is 7.06. The third-order valence-electron chi connectivity index (χ3n) is 4.64. The first-order valence-corrected chi connectivity index (χ1v) is 9.07. The molecule has 1 aliphatic rings. The van der Waals surface area contributed by atoms with Crippen LogP contribution < -0.4 is 5.73 Å². The van der Waals surface area contributed by atoms with Crippen LogP contribution in [0.2, 0.25) is 0 Å². The predicted octanol–water partition coefficient (Wildman–Crippen LogP) is 3.53. The highest BCUT2D eigenvalue weighted by Crippen LogP contribution is 2.34. The Morgan fingerprint density at radius 3 is 2.83 bits per heavy atom. The number of likely N-dealkylation sites (tertiary alicyclic amines) is 1. The minimum atomic E-state index is -0.275. The third kappa shape index (κ3) is 3.46. The fourth-order valence-electron chi connectivity index (χ4n) is 3.23. The van der Waals surface area contributed by atoms with Gasteiger partial charge in [-0.2, -0.15) is 0 Å². The lowest BCUT2D eigenvalue weighted by molar-refractivity contribution is -0.139. The molecule has 1 fully saturated rings. The largest absolute Gasteiger partial charge is 0.333 e. The van der Waals surface area contributed by atoms with E-state index in [4.69, 9.17) is 5.73 Å². The summed E-state index contributed by atoms with van der Waals surface area (Å²) in [5.41, 5.74) is 7.36. The van der Waals surface area contributed by atoms with Crippen molar-refractivity contribution in [2.75, 3.05) is 6.54 Å². The number of hydrogen-bond acceptors (Lipinski definition) is 4. The fourth-order valence-corrected chi connectivity index (χ4v) is 4.02. The molecule has 1 aromatic carbocycles. The number of rotatable bonds is 4. The highest BCUT2D eigenvalue weighted by molar-refractivity contribution is 7.09. The van der Waals surface area contributed by atoms with Gasteiger partial charge in [-0.25, -0.2) is 4.98 Å². The van der Waals surface area contributed by atoms with E-state index < -0.39 is 0 Å². The first-order valence-electron chi connectivity index (χ1n) is 8.19. The lowest BCUT2D eigenvalue weighted by Crippen LogP contribution is -2.43. The standard InChI is InChI=1S/C18H23N3OS/c1-13(16(19)14-7-3-2-4-8-14)18(22)21-11-6-5-9-15(21)17-20-10-12-23-17/h2-4,7-8,10,12-13,15-16H,5-6,9,11,19H2,1H3. The van der Waals surface area contributed by atoms with Crippen molar-refractivity contribution in [2.45, 2.75) is 38.3 Å². The molecule has 23 heavy (non-hydrogen) atoms. The number of nitrogens with two attached hydrogens (primary N) is 1. The Morgan fingerprint density at radius 1 is 1.35 bits per heavy atom. The maximum atomic E-state index is 13.0. The van der Waals surface area contributed by atoms with Crippen LogP contribution in [0, 0.1) is 5.92 Å². The molecule has 122 valence electrons. The second kappa shape index (κ2) is 7.23. The maximum Gasteiger partial charge on any atom is 0.227 e. The zero-order valence-electron chi connectivity index (χ0n) is 13.4. The summed E-state index contributed by atoms with van der Waals surface area (Å²) < 4.78 is 0. The molecule has 3 atom stereocenters. The van der Waals surface area contributed by atoms with Gasteiger partial charge in [0, 0.05) is 24.2 Å². The Balaban J connectivity index is 1.77. The van der Waals surface area contributed by atoms with Crippen molar-refractivity contribution >= 4 is 17.2 Å². The van der Waals surface area contributed by atoms with Crippen LogP contribution in [0.25, 0.3) is 0 Å². The normalized spacial score (nSPS) is 21.0. The van der Waals surface area contributed by atoms with Gasteiger partial charge in [0.05, 0.1) is 12.0 Å². The highest BCUT2D eigenvalue weighted by atomic mass is 32.1. The summed E-state index contributed by atoms with van der Waals surface area (Å²) >= 11 is 1.63. The Hall–Kier alpha value is -1.72. The van der Waals surface area contributed by atoms with E-state index in [-0.39, 0.29) is 23.9 Å². The molecule has 2 N–H and O–H groups in total. The Bertz CT molecular complexity index is 629. The number of benzene rings is 1. The van der Waals surface area contributed by atoms with Gasteiger partial charge in [0.15, 0.2) is 0 Å². The summed E-state index contributed by atoms with van der Waals surface area (Å²) in [7, 11) is 0. The van der Waals surface area contributed by atoms with Crippen molar-refractivity contribution in [3.63, 3.8) is 0 Å². The van der Waals surface area contributed by atoms with E-state index in [1.54, 1.807) is 11.3 Å². The van der Waals surface area contributed by atoms with Crippen molar-refractivity contribution in [1.29, 1.82) is 0 Å². The summed E-state index contributed by atoms with van der Waals surface area (Å²) in [6.07, 6.45) is 5.01. The van der Waals surface area contributed by atoms with E-state index in [9.17, 15) is 4.79 Å². The molecule has 0 saturated carbocycles. The van der Waals surface area contributed by atoms with Gasteiger partial charge in [0.1, 0.15) is 5.01 Å². The van der Waals surface area contributed by atoms with Gasteiger partial charge in [0.2, 0.25) is 5.91 Å². The molecular weight excluding hydrogens is 306 g/mol. The van der Waals surface area contributed by atoms with Gasteiger partial charge in [-0.1, -0.05) is 37.3 Å². The van der Waals surface area contributed by atoms with Gasteiger partial charge in [-0.05, 0) is 24.8 Å². The lowest BCUT2D eigenvalue weighted by atomic mass is 9.92. The topological polar surface area (TPSA) is 59.2 Å². The van der Waals surface area contributed by atoms with E-state index in [2.05, 4.69) is 4.98 Å². The first kappa shape index (κ1) is 16.1. The Labute approximate surface area is 141 Å². The van der Waals surface area contributed by atoms with E-state index in [1.807, 2.05) is 53.7 Å². The molecule has 1 aliphatic heterocycles. The predicted molar refractivity (Wildman–Crippen MR) is 93.0 cm³/mol. The third-order valence-corrected chi connectivity index (χ3v) is 5.51. The number of thiazole rings is 1. The number of carbonyl (C=O) groups is 1. The Morgan fingerprint density at radius 2 is 2.13 bits per heavy atom. The van der Waals surface area contributed by atoms with Crippen LogP contribution in [0.3, 0.4) is 0 Å². The molecular formula is C18H23N3OS. The molecule has 2 heterocycles. The van der Waals surface area contributed by atoms with Crippen LogP contribution in [0.5, 0.6) is 0 Å². The van der Waals surface area contributed by atoms with Crippen LogP contribution in [-0.4, -0.2) is 22.3 Å². The number of hydrogen-bond donors (Lipinski definition) is 1. The van der Waals surface area contributed by atoms with Crippen molar-refractivity contribution in [1.82, 2.24) is 9.88 Å². The van der Waals surface area contributed by atoms with Crippen molar-refractivity contribution < 1.29 is 4.79 Å². The molecule has 0 bridgehead atoms. The molecule has 0 radical (unpaired) electrons. The van der Waals surface area contributed by atoms with Crippen molar-refractivity contribution in [3.05, 3.63) is 52.5 Å². The molecule has 2 aromatic rings. The van der Waals surface area contributed by atoms with E-state index in [1.165, 1.54) is 0 Å². The number of aromatic nitrogens is 1. The number of piperidine rings is 1. The van der Waals surface area contributed by atoms with Gasteiger partial charge in [-0.15, -0.1) is 11.3 Å². The van der Waals surface area contributed by atoms with Crippen LogP contribution in [0.4, 0.5) is 0 Å². The molecule has 3 unspecified atom stereocenters. The van der Waals surface area contributed by atoms with Crippen molar-refractivity contribution in [2.24, 2.45) is 11.7 Å². The number of amides is 1. The van der Waals surface area contributed by atoms with E-state index >= 15 is 0 Å². The Kier molecular flexibility index (Phi) is 5.08. The van der Waals surface area contributed by atoms with Crippen LogP contribution in [0.15, 0.2) is 41.9 Å². The monoisotopic (exact) mass is 329 g/mol. The average molecular weight is 329 g/mol. The fraction of sp³-hybridized carbons (Fsp3) is 0.444. The molecule has 1 amide bonds. The number of nitrogens with zero attached hydrogens (tertiary/aromatic N) is 2. The highest BCUT2D eigenvalue weighted by Gasteiger charge is 2.34. The minimum absolute atomic E-state index is 0.113. The molecule has 4 nitrogen and oxygen atoms in total. The van der Waals surface area contributed by atoms with Gasteiger partial charge < -0.3 is 10.6 Å². The number of carbonyl (C=O) groups excluding carboxylic acids is 1. The smallest absolute Gasteiger partial charge is 0.227 e. The maximum absolute atomic E-state index is 13.0. The molecule has 0 aliphatic carbocycles. The first-order chi connectivity index (χ1) is 11.2. The van der Waals surface area contributed by atoms with E-state index in [0.717, 1.165) is 36.4 Å². The van der Waals surface area contributed by atoms with Crippen LogP contribution >= 0.6 is 11.3 Å². The summed E-state index contributed by atoms with van der Waals surface area (Å²) in [4.78, 5) is 19.5. The van der Waals surface area contributed by atoms with Crippen molar-refractivity contribution in [3.8, 4) is 0 Å². The van der Waals surface area contributed by atoms with Gasteiger partial charge in [0.25, 0.3) is 0 Å². The molecule has 5 heteroatoms. The second-order valence-electron chi connectivity index (χ2n) is 6.14. The van der Waals surface area contributed by atoms with E-state index in [0.29, 0.717) is 0 Å². The van der Waals surface area contributed by atoms with Crippen LogP contribution in [-0.2, 0) is 4.79 Å². The molecule has 1 saturated heterocycles. The van der Waals surface area contributed by atoms with Crippen LogP contribution in [0.1, 0.15) is 48.8 Å². The molecule has 0 spiro atoms. The minimum Gasteiger partial charge on any atom is -0.333 e. The summed E-state index contributed by atoms with van der Waals surface area (Å²) in [6, 6.07) is 9.71.